The van der Waals surface area contributed by atoms with Gasteiger partial charge in [-0.3, -0.25) is 4.79 Å². The molecule has 0 saturated carbocycles. The van der Waals surface area contributed by atoms with E-state index >= 15 is 0 Å². The average molecular weight is 361 g/mol. The molecule has 114 valence electrons. The van der Waals surface area contributed by atoms with Crippen LogP contribution >= 0.6 is 15.9 Å². The lowest BCUT2D eigenvalue weighted by atomic mass is 9.76. The van der Waals surface area contributed by atoms with Gasteiger partial charge in [0, 0.05) is 4.47 Å². The lowest BCUT2D eigenvalue weighted by molar-refractivity contribution is -0.153. The minimum atomic E-state index is -0.242. The Morgan fingerprint density at radius 1 is 1.09 bits per heavy atom. The van der Waals surface area contributed by atoms with Gasteiger partial charge < -0.3 is 9.47 Å². The smallest absolute Gasteiger partial charge is 0.307 e. The van der Waals surface area contributed by atoms with Crippen molar-refractivity contribution in [1.82, 2.24) is 0 Å². The summed E-state index contributed by atoms with van der Waals surface area (Å²) in [5, 5.41) is 0. The lowest BCUT2D eigenvalue weighted by Gasteiger charge is -2.41. The van der Waals surface area contributed by atoms with E-state index in [-0.39, 0.29) is 11.4 Å². The number of ether oxygens (including phenoxy) is 2. The van der Waals surface area contributed by atoms with E-state index in [1.54, 1.807) is 0 Å². The second kappa shape index (κ2) is 6.63. The first kappa shape index (κ1) is 15.3. The van der Waals surface area contributed by atoms with Gasteiger partial charge >= 0.3 is 5.97 Å². The van der Waals surface area contributed by atoms with Gasteiger partial charge in [-0.15, -0.1) is 0 Å². The highest BCUT2D eigenvalue weighted by molar-refractivity contribution is 9.10. The largest absolute Gasteiger partial charge is 0.461 e. The van der Waals surface area contributed by atoms with Crippen molar-refractivity contribution in [2.45, 2.75) is 18.4 Å². The lowest BCUT2D eigenvalue weighted by Crippen LogP contribution is -2.48. The van der Waals surface area contributed by atoms with Gasteiger partial charge in [0.1, 0.15) is 6.61 Å². The van der Waals surface area contributed by atoms with E-state index in [0.29, 0.717) is 26.2 Å². The van der Waals surface area contributed by atoms with Crippen LogP contribution in [-0.2, 0) is 26.3 Å². The molecule has 3 nitrogen and oxygen atoms in total. The molecule has 0 bridgehead atoms. The summed E-state index contributed by atoms with van der Waals surface area (Å²) >= 11 is 3.43. The molecule has 22 heavy (non-hydrogen) atoms. The highest BCUT2D eigenvalue weighted by Crippen LogP contribution is 2.36. The molecule has 3 rings (SSSR count). The number of halogens is 1. The Bertz CT molecular complexity index is 633. The van der Waals surface area contributed by atoms with E-state index < -0.39 is 0 Å². The van der Waals surface area contributed by atoms with Crippen LogP contribution in [0.4, 0.5) is 0 Å². The Balaban J connectivity index is 1.62. The van der Waals surface area contributed by atoms with Gasteiger partial charge in [-0.2, -0.15) is 0 Å². The molecule has 0 atom stereocenters. The van der Waals surface area contributed by atoms with E-state index in [1.807, 2.05) is 54.6 Å². The molecule has 0 aromatic heterocycles. The van der Waals surface area contributed by atoms with E-state index in [2.05, 4.69) is 15.9 Å². The molecule has 0 unspecified atom stereocenters. The number of carbonyl (C=O) groups is 1. The zero-order valence-corrected chi connectivity index (χ0v) is 13.7. The molecule has 0 N–H and O–H groups in total. The number of hydrogen-bond acceptors (Lipinski definition) is 3. The van der Waals surface area contributed by atoms with Crippen molar-refractivity contribution in [3.63, 3.8) is 0 Å². The standard InChI is InChI=1S/C18H17BrO3/c19-16-8-6-15(7-9-16)18(12-21-13-18)10-17(20)22-11-14-4-2-1-3-5-14/h1-9H,10-13H2. The second-order valence-corrected chi connectivity index (χ2v) is 6.52. The number of rotatable bonds is 5. The Morgan fingerprint density at radius 2 is 1.77 bits per heavy atom. The van der Waals surface area contributed by atoms with Crippen molar-refractivity contribution in [2.24, 2.45) is 0 Å². The fraction of sp³-hybridized carbons (Fsp3) is 0.278. The van der Waals surface area contributed by atoms with Gasteiger partial charge in [0.15, 0.2) is 0 Å². The van der Waals surface area contributed by atoms with Crippen molar-refractivity contribution < 1.29 is 14.3 Å². The molecule has 4 heteroatoms. The second-order valence-electron chi connectivity index (χ2n) is 5.60. The summed E-state index contributed by atoms with van der Waals surface area (Å²) in [5.41, 5.74) is 1.88. The molecule has 0 aliphatic carbocycles. The van der Waals surface area contributed by atoms with E-state index in [1.165, 1.54) is 0 Å². The van der Waals surface area contributed by atoms with E-state index in [4.69, 9.17) is 9.47 Å². The maximum Gasteiger partial charge on any atom is 0.307 e. The SMILES string of the molecule is O=C(CC1(c2ccc(Br)cc2)COC1)OCc1ccccc1. The summed E-state index contributed by atoms with van der Waals surface area (Å²) in [6.45, 7) is 1.45. The fourth-order valence-corrected chi connectivity index (χ4v) is 2.85. The van der Waals surface area contributed by atoms with Gasteiger partial charge in [-0.05, 0) is 23.3 Å². The van der Waals surface area contributed by atoms with Crippen LogP contribution in [0.2, 0.25) is 0 Å². The molecular formula is C18H17BrO3. The molecule has 1 saturated heterocycles. The molecule has 1 aliphatic rings. The highest BCUT2D eigenvalue weighted by atomic mass is 79.9. The maximum absolute atomic E-state index is 12.2. The number of benzene rings is 2. The first-order valence-electron chi connectivity index (χ1n) is 7.21. The van der Waals surface area contributed by atoms with Crippen LogP contribution in [0.3, 0.4) is 0 Å². The van der Waals surface area contributed by atoms with Crippen molar-refractivity contribution in [1.29, 1.82) is 0 Å². The number of hydrogen-bond donors (Lipinski definition) is 0. The Labute approximate surface area is 138 Å². The summed E-state index contributed by atoms with van der Waals surface area (Å²) in [5.74, 6) is -0.185. The van der Waals surface area contributed by atoms with Crippen LogP contribution < -0.4 is 0 Å². The van der Waals surface area contributed by atoms with Gasteiger partial charge in [0.25, 0.3) is 0 Å². The molecule has 1 fully saturated rings. The summed E-state index contributed by atoms with van der Waals surface area (Å²) < 4.78 is 11.8. The third-order valence-corrected chi connectivity index (χ3v) is 4.47. The fourth-order valence-electron chi connectivity index (χ4n) is 2.59. The average Bonchev–Trinajstić information content (AvgIpc) is 2.51. The number of carbonyl (C=O) groups excluding carboxylic acids is 1. The van der Waals surface area contributed by atoms with Crippen LogP contribution in [0.25, 0.3) is 0 Å². The van der Waals surface area contributed by atoms with Crippen LogP contribution in [0.5, 0.6) is 0 Å². The zero-order valence-electron chi connectivity index (χ0n) is 12.1. The Hall–Kier alpha value is -1.65. The molecule has 2 aromatic carbocycles. The quantitative estimate of drug-likeness (QED) is 0.759. The van der Waals surface area contributed by atoms with Crippen LogP contribution in [-0.4, -0.2) is 19.2 Å². The monoisotopic (exact) mass is 360 g/mol. The van der Waals surface area contributed by atoms with Gasteiger partial charge in [-0.1, -0.05) is 58.4 Å². The molecule has 0 spiro atoms. The maximum atomic E-state index is 12.2. The van der Waals surface area contributed by atoms with Crippen molar-refractivity contribution >= 4 is 21.9 Å². The normalized spacial score (nSPS) is 15.9. The Morgan fingerprint density at radius 3 is 2.36 bits per heavy atom. The first-order valence-corrected chi connectivity index (χ1v) is 8.01. The molecule has 2 aromatic rings. The summed E-state index contributed by atoms with van der Waals surface area (Å²) in [6, 6.07) is 17.8. The first-order chi connectivity index (χ1) is 10.7. The molecule has 1 aliphatic heterocycles. The highest BCUT2D eigenvalue weighted by Gasteiger charge is 2.42. The van der Waals surface area contributed by atoms with Crippen molar-refractivity contribution in [3.05, 3.63) is 70.2 Å². The third-order valence-electron chi connectivity index (χ3n) is 3.94. The van der Waals surface area contributed by atoms with Crippen LogP contribution in [0.15, 0.2) is 59.1 Å². The van der Waals surface area contributed by atoms with Crippen molar-refractivity contribution in [3.8, 4) is 0 Å². The molecule has 1 heterocycles. The summed E-state index contributed by atoms with van der Waals surface area (Å²) in [6.07, 6.45) is 0.349. The molecule has 0 radical (unpaired) electrons. The van der Waals surface area contributed by atoms with Gasteiger partial charge in [-0.25, -0.2) is 0 Å². The summed E-state index contributed by atoms with van der Waals surface area (Å²) in [4.78, 5) is 12.2. The molecular weight excluding hydrogens is 344 g/mol. The van der Waals surface area contributed by atoms with Crippen LogP contribution in [0, 0.1) is 0 Å². The zero-order chi connectivity index (χ0) is 15.4. The predicted octanol–water partition coefficient (Wildman–Crippen LogP) is 3.85. The van der Waals surface area contributed by atoms with Gasteiger partial charge in [0.2, 0.25) is 0 Å². The minimum Gasteiger partial charge on any atom is -0.461 e. The van der Waals surface area contributed by atoms with E-state index in [9.17, 15) is 4.79 Å². The Kier molecular flexibility index (Phi) is 4.60. The van der Waals surface area contributed by atoms with Crippen LogP contribution in [0.1, 0.15) is 17.5 Å². The molecule has 0 amide bonds. The third kappa shape index (κ3) is 3.39. The van der Waals surface area contributed by atoms with Gasteiger partial charge in [0.05, 0.1) is 25.0 Å². The predicted molar refractivity (Wildman–Crippen MR) is 87.5 cm³/mol. The topological polar surface area (TPSA) is 35.5 Å². The number of esters is 1. The summed E-state index contributed by atoms with van der Waals surface area (Å²) in [7, 11) is 0. The van der Waals surface area contributed by atoms with Crippen molar-refractivity contribution in [2.75, 3.05) is 13.2 Å². The van der Waals surface area contributed by atoms with E-state index in [0.717, 1.165) is 15.6 Å². The minimum absolute atomic E-state index is 0.185.